The topological polar surface area (TPSA) is 41.1 Å². The second-order valence-corrected chi connectivity index (χ2v) is 5.62. The Bertz CT molecular complexity index is 379. The molecule has 0 aliphatic carbocycles. The van der Waals surface area contributed by atoms with E-state index in [0.29, 0.717) is 6.42 Å². The zero-order chi connectivity index (χ0) is 14.1. The third-order valence-corrected chi connectivity index (χ3v) is 3.19. The van der Waals surface area contributed by atoms with E-state index in [1.165, 1.54) is 5.56 Å². The molecule has 0 saturated carbocycles. The molecule has 1 amide bonds. The van der Waals surface area contributed by atoms with E-state index in [9.17, 15) is 4.79 Å². The Morgan fingerprint density at radius 1 is 1.20 bits per heavy atom. The molecule has 114 valence electrons. The molecule has 4 heteroatoms. The predicted molar refractivity (Wildman–Crippen MR) is 87.4 cm³/mol. The van der Waals surface area contributed by atoms with Gasteiger partial charge in [-0.3, -0.25) is 4.79 Å². The molecule has 0 saturated heterocycles. The van der Waals surface area contributed by atoms with E-state index in [-0.39, 0.29) is 23.9 Å². The molecule has 1 aromatic carbocycles. The minimum absolute atomic E-state index is 0. The monoisotopic (exact) mass is 298 g/mol. The fraction of sp³-hybridized carbons (Fsp3) is 0.562. The van der Waals surface area contributed by atoms with Gasteiger partial charge in [0, 0.05) is 12.0 Å². The molecule has 0 aromatic heterocycles. The molecule has 1 rings (SSSR count). The summed E-state index contributed by atoms with van der Waals surface area (Å²) in [6.07, 6.45) is 3.42. The van der Waals surface area contributed by atoms with Crippen LogP contribution in [0.1, 0.15) is 38.7 Å². The number of rotatable bonds is 8. The second-order valence-electron chi connectivity index (χ2n) is 5.62. The highest BCUT2D eigenvalue weighted by Gasteiger charge is 2.19. The molecule has 0 atom stereocenters. The van der Waals surface area contributed by atoms with Crippen molar-refractivity contribution in [1.82, 2.24) is 10.6 Å². The zero-order valence-electron chi connectivity index (χ0n) is 12.7. The normalized spacial score (nSPS) is 10.8. The number of carbonyl (C=O) groups excluding carboxylic acids is 1. The summed E-state index contributed by atoms with van der Waals surface area (Å²) < 4.78 is 0. The lowest BCUT2D eigenvalue weighted by Gasteiger charge is -2.26. The van der Waals surface area contributed by atoms with E-state index in [2.05, 4.69) is 48.7 Å². The van der Waals surface area contributed by atoms with Gasteiger partial charge in [0.1, 0.15) is 0 Å². The largest absolute Gasteiger partial charge is 0.351 e. The van der Waals surface area contributed by atoms with E-state index in [0.717, 1.165) is 25.8 Å². The van der Waals surface area contributed by atoms with Crippen LogP contribution < -0.4 is 10.6 Å². The van der Waals surface area contributed by atoms with Gasteiger partial charge in [0.25, 0.3) is 0 Å². The lowest BCUT2D eigenvalue weighted by atomic mass is 9.95. The fourth-order valence-electron chi connectivity index (χ4n) is 2.03. The molecular formula is C16H27ClN2O. The highest BCUT2D eigenvalue weighted by molar-refractivity contribution is 5.85. The first-order valence-corrected chi connectivity index (χ1v) is 7.03. The first kappa shape index (κ1) is 18.9. The summed E-state index contributed by atoms with van der Waals surface area (Å²) in [7, 11) is 1.90. The summed E-state index contributed by atoms with van der Waals surface area (Å²) >= 11 is 0. The summed E-state index contributed by atoms with van der Waals surface area (Å²) in [4.78, 5) is 11.8. The Labute approximate surface area is 128 Å². The summed E-state index contributed by atoms with van der Waals surface area (Å²) in [6.45, 7) is 5.07. The van der Waals surface area contributed by atoms with Crippen molar-refractivity contribution < 1.29 is 4.79 Å². The van der Waals surface area contributed by atoms with Crippen molar-refractivity contribution in [3.63, 3.8) is 0 Å². The first-order valence-electron chi connectivity index (χ1n) is 7.03. The van der Waals surface area contributed by atoms with Crippen molar-refractivity contribution in [2.24, 2.45) is 0 Å². The smallest absolute Gasteiger partial charge is 0.220 e. The summed E-state index contributed by atoms with van der Waals surface area (Å²) in [5.74, 6) is 0.147. The zero-order valence-corrected chi connectivity index (χ0v) is 13.6. The Morgan fingerprint density at radius 3 is 2.45 bits per heavy atom. The van der Waals surface area contributed by atoms with Gasteiger partial charge in [0.15, 0.2) is 0 Å². The lowest BCUT2D eigenvalue weighted by molar-refractivity contribution is -0.122. The average molecular weight is 299 g/mol. The van der Waals surface area contributed by atoms with Crippen LogP contribution in [0.3, 0.4) is 0 Å². The van der Waals surface area contributed by atoms with E-state index in [4.69, 9.17) is 0 Å². The van der Waals surface area contributed by atoms with Crippen LogP contribution in [0.5, 0.6) is 0 Å². The molecule has 2 N–H and O–H groups in total. The van der Waals surface area contributed by atoms with Crippen LogP contribution in [-0.2, 0) is 11.2 Å². The maximum absolute atomic E-state index is 11.8. The Balaban J connectivity index is 0.00000361. The highest BCUT2D eigenvalue weighted by atomic mass is 35.5. The van der Waals surface area contributed by atoms with Gasteiger partial charge < -0.3 is 10.6 Å². The third-order valence-electron chi connectivity index (χ3n) is 3.19. The van der Waals surface area contributed by atoms with E-state index >= 15 is 0 Å². The maximum Gasteiger partial charge on any atom is 0.220 e. The molecule has 0 radical (unpaired) electrons. The Kier molecular flexibility index (Phi) is 9.26. The number of halogens is 1. The SMILES string of the molecule is CNCCCC(=O)NC(C)(C)CCc1ccccc1.Cl. The number of carbonyl (C=O) groups is 1. The van der Waals surface area contributed by atoms with Gasteiger partial charge in [-0.2, -0.15) is 0 Å². The van der Waals surface area contributed by atoms with Gasteiger partial charge in [-0.15, -0.1) is 12.4 Å². The molecular weight excluding hydrogens is 272 g/mol. The number of benzene rings is 1. The molecule has 0 aliphatic heterocycles. The van der Waals surface area contributed by atoms with Gasteiger partial charge in [-0.05, 0) is 52.3 Å². The molecule has 0 heterocycles. The molecule has 20 heavy (non-hydrogen) atoms. The van der Waals surface area contributed by atoms with Crippen molar-refractivity contribution >= 4 is 18.3 Å². The number of hydrogen-bond donors (Lipinski definition) is 2. The van der Waals surface area contributed by atoms with Crippen LogP contribution in [0.25, 0.3) is 0 Å². The molecule has 0 fully saturated rings. The number of amides is 1. The van der Waals surface area contributed by atoms with Crippen molar-refractivity contribution in [3.8, 4) is 0 Å². The molecule has 0 unspecified atom stereocenters. The standard InChI is InChI=1S/C16H26N2O.ClH/c1-16(2,18-15(19)10-7-13-17-3)12-11-14-8-5-4-6-9-14;/h4-6,8-9,17H,7,10-13H2,1-3H3,(H,18,19);1H. The predicted octanol–water partition coefficient (Wildman–Crippen LogP) is 2.94. The van der Waals surface area contributed by atoms with Crippen LogP contribution in [0.4, 0.5) is 0 Å². The van der Waals surface area contributed by atoms with E-state index < -0.39 is 0 Å². The molecule has 3 nitrogen and oxygen atoms in total. The minimum atomic E-state index is -0.146. The first-order chi connectivity index (χ1) is 9.03. The van der Waals surface area contributed by atoms with E-state index in [1.807, 2.05) is 13.1 Å². The fourth-order valence-corrected chi connectivity index (χ4v) is 2.03. The highest BCUT2D eigenvalue weighted by Crippen LogP contribution is 2.13. The molecule has 0 aliphatic rings. The lowest BCUT2D eigenvalue weighted by Crippen LogP contribution is -2.43. The van der Waals surface area contributed by atoms with E-state index in [1.54, 1.807) is 0 Å². The third kappa shape index (κ3) is 8.18. The van der Waals surface area contributed by atoms with Crippen molar-refractivity contribution in [1.29, 1.82) is 0 Å². The van der Waals surface area contributed by atoms with Crippen molar-refractivity contribution in [2.75, 3.05) is 13.6 Å². The van der Waals surface area contributed by atoms with Gasteiger partial charge in [-0.25, -0.2) is 0 Å². The van der Waals surface area contributed by atoms with Crippen LogP contribution in [0.15, 0.2) is 30.3 Å². The van der Waals surface area contributed by atoms with Crippen molar-refractivity contribution in [2.45, 2.75) is 45.1 Å². The van der Waals surface area contributed by atoms with Gasteiger partial charge in [0.05, 0.1) is 0 Å². The van der Waals surface area contributed by atoms with Gasteiger partial charge in [-0.1, -0.05) is 30.3 Å². The quantitative estimate of drug-likeness (QED) is 0.725. The van der Waals surface area contributed by atoms with Gasteiger partial charge in [0.2, 0.25) is 5.91 Å². The average Bonchev–Trinajstić information content (AvgIpc) is 2.37. The Hall–Kier alpha value is -1.06. The summed E-state index contributed by atoms with van der Waals surface area (Å²) in [5, 5.41) is 6.17. The molecule has 0 spiro atoms. The number of aryl methyl sites for hydroxylation is 1. The summed E-state index contributed by atoms with van der Waals surface area (Å²) in [5.41, 5.74) is 1.17. The maximum atomic E-state index is 11.8. The van der Waals surface area contributed by atoms with Gasteiger partial charge >= 0.3 is 0 Å². The molecule has 1 aromatic rings. The van der Waals surface area contributed by atoms with Crippen LogP contribution in [0, 0.1) is 0 Å². The van der Waals surface area contributed by atoms with Crippen LogP contribution in [0.2, 0.25) is 0 Å². The number of hydrogen-bond acceptors (Lipinski definition) is 2. The van der Waals surface area contributed by atoms with Crippen LogP contribution >= 0.6 is 12.4 Å². The Morgan fingerprint density at radius 2 is 1.85 bits per heavy atom. The number of nitrogens with one attached hydrogen (secondary N) is 2. The van der Waals surface area contributed by atoms with Crippen molar-refractivity contribution in [3.05, 3.63) is 35.9 Å². The van der Waals surface area contributed by atoms with Crippen LogP contribution in [-0.4, -0.2) is 25.0 Å². The second kappa shape index (κ2) is 9.78. The minimum Gasteiger partial charge on any atom is -0.351 e. The summed E-state index contributed by atoms with van der Waals surface area (Å²) in [6, 6.07) is 10.4. The molecule has 0 bridgehead atoms.